The molecular weight excluding hydrogens is 272 g/mol. The van der Waals surface area contributed by atoms with Gasteiger partial charge in [-0.05, 0) is 18.6 Å². The molecule has 0 aliphatic carbocycles. The molecule has 0 saturated heterocycles. The fraction of sp³-hybridized carbons (Fsp3) is 0.333. The zero-order chi connectivity index (χ0) is 13.9. The third kappa shape index (κ3) is 2.58. The first-order chi connectivity index (χ1) is 9.78. The second-order valence-corrected chi connectivity index (χ2v) is 5.78. The molecule has 3 rings (SSSR count). The van der Waals surface area contributed by atoms with Gasteiger partial charge in [0.05, 0.1) is 11.8 Å². The van der Waals surface area contributed by atoms with Crippen molar-refractivity contribution in [2.24, 2.45) is 0 Å². The van der Waals surface area contributed by atoms with Crippen LogP contribution in [0.4, 0.5) is 0 Å². The van der Waals surface area contributed by atoms with Crippen LogP contribution in [0.5, 0.6) is 5.75 Å². The van der Waals surface area contributed by atoms with E-state index in [1.54, 1.807) is 28.8 Å². The molecule has 2 aromatic rings. The molecule has 1 aromatic carbocycles. The highest BCUT2D eigenvalue weighted by atomic mass is 32.2. The number of hydrogen-bond donors (Lipinski definition) is 0. The van der Waals surface area contributed by atoms with Gasteiger partial charge in [-0.2, -0.15) is 5.10 Å². The SMILES string of the molecule is CCCn1cc(C(=O)C2CSc3ccccc3O2)cn1. The minimum absolute atomic E-state index is 0.00866. The molecule has 0 N–H and O–H groups in total. The predicted molar refractivity (Wildman–Crippen MR) is 78.4 cm³/mol. The molecule has 0 radical (unpaired) electrons. The molecule has 0 saturated carbocycles. The zero-order valence-corrected chi connectivity index (χ0v) is 12.1. The van der Waals surface area contributed by atoms with Crippen molar-refractivity contribution in [1.82, 2.24) is 9.78 Å². The van der Waals surface area contributed by atoms with E-state index < -0.39 is 6.10 Å². The lowest BCUT2D eigenvalue weighted by atomic mass is 10.1. The van der Waals surface area contributed by atoms with Gasteiger partial charge in [0.1, 0.15) is 5.75 Å². The topological polar surface area (TPSA) is 44.1 Å². The van der Waals surface area contributed by atoms with Gasteiger partial charge >= 0.3 is 0 Å². The number of thioether (sulfide) groups is 1. The summed E-state index contributed by atoms with van der Waals surface area (Å²) in [5.74, 6) is 1.45. The van der Waals surface area contributed by atoms with E-state index in [1.807, 2.05) is 24.3 Å². The molecule has 1 aliphatic rings. The van der Waals surface area contributed by atoms with Gasteiger partial charge in [0.25, 0.3) is 0 Å². The van der Waals surface area contributed by atoms with Crippen LogP contribution in [0.3, 0.4) is 0 Å². The number of carbonyl (C=O) groups is 1. The van der Waals surface area contributed by atoms with Crippen molar-refractivity contribution in [3.8, 4) is 5.75 Å². The van der Waals surface area contributed by atoms with Gasteiger partial charge in [0.15, 0.2) is 6.10 Å². The summed E-state index contributed by atoms with van der Waals surface area (Å²) in [6.07, 6.45) is 4.01. The molecular formula is C15H16N2O2S. The van der Waals surface area contributed by atoms with E-state index in [2.05, 4.69) is 12.0 Å². The van der Waals surface area contributed by atoms with Gasteiger partial charge in [0, 0.05) is 23.4 Å². The minimum atomic E-state index is -0.422. The van der Waals surface area contributed by atoms with E-state index >= 15 is 0 Å². The molecule has 20 heavy (non-hydrogen) atoms. The highest BCUT2D eigenvalue weighted by Gasteiger charge is 2.28. The summed E-state index contributed by atoms with van der Waals surface area (Å²) in [5.41, 5.74) is 0.628. The molecule has 0 amide bonds. The molecule has 0 bridgehead atoms. The standard InChI is InChI=1S/C15H16N2O2S/c1-2-7-17-9-11(8-16-17)15(18)13-10-20-14-6-4-3-5-12(14)19-13/h3-6,8-9,13H,2,7,10H2,1H3. The number of carbonyl (C=O) groups excluding carboxylic acids is 1. The van der Waals surface area contributed by atoms with Gasteiger partial charge in [-0.3, -0.25) is 9.48 Å². The van der Waals surface area contributed by atoms with Gasteiger partial charge in [-0.1, -0.05) is 19.1 Å². The number of rotatable bonds is 4. The number of ketones is 1. The molecule has 4 nitrogen and oxygen atoms in total. The Bertz CT molecular complexity index is 624. The Labute approximate surface area is 122 Å². The summed E-state index contributed by atoms with van der Waals surface area (Å²) < 4.78 is 7.61. The molecule has 104 valence electrons. The van der Waals surface area contributed by atoms with E-state index in [1.165, 1.54) is 0 Å². The second kappa shape index (κ2) is 5.71. The van der Waals surface area contributed by atoms with Crippen molar-refractivity contribution in [1.29, 1.82) is 0 Å². The van der Waals surface area contributed by atoms with E-state index in [4.69, 9.17) is 4.74 Å². The van der Waals surface area contributed by atoms with Gasteiger partial charge in [-0.15, -0.1) is 11.8 Å². The average Bonchev–Trinajstić information content (AvgIpc) is 2.95. The van der Waals surface area contributed by atoms with E-state index in [9.17, 15) is 4.79 Å². The van der Waals surface area contributed by atoms with Crippen LogP contribution in [0.1, 0.15) is 23.7 Å². The number of Topliss-reactive ketones (excluding diaryl/α,β-unsaturated/α-hetero) is 1. The van der Waals surface area contributed by atoms with E-state index in [-0.39, 0.29) is 5.78 Å². The maximum absolute atomic E-state index is 12.4. The quantitative estimate of drug-likeness (QED) is 0.811. The second-order valence-electron chi connectivity index (χ2n) is 4.72. The van der Waals surface area contributed by atoms with E-state index in [0.29, 0.717) is 11.3 Å². The first-order valence-electron chi connectivity index (χ1n) is 6.73. The molecule has 1 aromatic heterocycles. The summed E-state index contributed by atoms with van der Waals surface area (Å²) in [6.45, 7) is 2.91. The first-order valence-corrected chi connectivity index (χ1v) is 7.71. The molecule has 0 fully saturated rings. The molecule has 5 heteroatoms. The summed E-state index contributed by atoms with van der Waals surface area (Å²) in [4.78, 5) is 13.5. The highest BCUT2D eigenvalue weighted by Crippen LogP contribution is 2.35. The van der Waals surface area contributed by atoms with Crippen LogP contribution in [0.25, 0.3) is 0 Å². The van der Waals surface area contributed by atoms with Crippen LogP contribution in [0, 0.1) is 0 Å². The van der Waals surface area contributed by atoms with E-state index in [0.717, 1.165) is 23.6 Å². The maximum atomic E-state index is 12.4. The van der Waals surface area contributed by atoms with Crippen molar-refractivity contribution in [3.05, 3.63) is 42.2 Å². The zero-order valence-electron chi connectivity index (χ0n) is 11.3. The number of aryl methyl sites for hydroxylation is 1. The smallest absolute Gasteiger partial charge is 0.207 e. The van der Waals surface area contributed by atoms with Crippen molar-refractivity contribution in [2.75, 3.05) is 5.75 Å². The average molecular weight is 288 g/mol. The lowest BCUT2D eigenvalue weighted by Gasteiger charge is -2.24. The van der Waals surface area contributed by atoms with Gasteiger partial charge in [0.2, 0.25) is 5.78 Å². The number of fused-ring (bicyclic) bond motifs is 1. The van der Waals surface area contributed by atoms with Gasteiger partial charge < -0.3 is 4.74 Å². The Morgan fingerprint density at radius 2 is 2.35 bits per heavy atom. The number of aromatic nitrogens is 2. The van der Waals surface area contributed by atoms with Crippen molar-refractivity contribution in [2.45, 2.75) is 30.9 Å². The fourth-order valence-electron chi connectivity index (χ4n) is 2.18. The Morgan fingerprint density at radius 1 is 1.50 bits per heavy atom. The van der Waals surface area contributed by atoms with Crippen LogP contribution in [0.2, 0.25) is 0 Å². The number of para-hydroxylation sites is 1. The summed E-state index contributed by atoms with van der Waals surface area (Å²) in [7, 11) is 0. The summed E-state index contributed by atoms with van der Waals surface area (Å²) >= 11 is 1.66. The molecule has 0 spiro atoms. The van der Waals surface area contributed by atoms with Crippen LogP contribution in [-0.2, 0) is 6.54 Å². The van der Waals surface area contributed by atoms with Crippen LogP contribution in [-0.4, -0.2) is 27.4 Å². The largest absolute Gasteiger partial charge is 0.480 e. The summed E-state index contributed by atoms with van der Waals surface area (Å²) in [5, 5.41) is 4.20. The molecule has 2 heterocycles. The lowest BCUT2D eigenvalue weighted by Crippen LogP contribution is -2.32. The van der Waals surface area contributed by atoms with Crippen molar-refractivity contribution in [3.63, 3.8) is 0 Å². The fourth-order valence-corrected chi connectivity index (χ4v) is 3.16. The third-order valence-corrected chi connectivity index (χ3v) is 4.29. The highest BCUT2D eigenvalue weighted by molar-refractivity contribution is 7.99. The Kier molecular flexibility index (Phi) is 3.78. The minimum Gasteiger partial charge on any atom is -0.480 e. The van der Waals surface area contributed by atoms with Crippen molar-refractivity contribution >= 4 is 17.5 Å². The third-order valence-electron chi connectivity index (χ3n) is 3.17. The first kappa shape index (κ1) is 13.2. The monoisotopic (exact) mass is 288 g/mol. The number of hydrogen-bond acceptors (Lipinski definition) is 4. The normalized spacial score (nSPS) is 17.4. The van der Waals surface area contributed by atoms with Crippen molar-refractivity contribution < 1.29 is 9.53 Å². The van der Waals surface area contributed by atoms with Crippen LogP contribution in [0.15, 0.2) is 41.6 Å². The summed E-state index contributed by atoms with van der Waals surface area (Å²) in [6, 6.07) is 7.82. The Hall–Kier alpha value is -1.75. The van der Waals surface area contributed by atoms with Crippen LogP contribution >= 0.6 is 11.8 Å². The maximum Gasteiger partial charge on any atom is 0.207 e. The Morgan fingerprint density at radius 3 is 3.20 bits per heavy atom. The molecule has 1 aliphatic heterocycles. The Balaban J connectivity index is 1.75. The lowest BCUT2D eigenvalue weighted by molar-refractivity contribution is 0.0815. The van der Waals surface area contributed by atoms with Crippen LogP contribution < -0.4 is 4.74 Å². The number of ether oxygens (including phenoxy) is 1. The number of nitrogens with zero attached hydrogens (tertiary/aromatic N) is 2. The molecule has 1 atom stereocenters. The molecule has 1 unspecified atom stereocenters. The van der Waals surface area contributed by atoms with Gasteiger partial charge in [-0.25, -0.2) is 0 Å². The number of benzene rings is 1. The predicted octanol–water partition coefficient (Wildman–Crippen LogP) is 3.03.